The topological polar surface area (TPSA) is 125 Å². The zero-order valence-corrected chi connectivity index (χ0v) is 13.8. The van der Waals surface area contributed by atoms with Gasteiger partial charge in [0.05, 0.1) is 6.61 Å². The molecule has 2 atom stereocenters. The number of nitrogens with zero attached hydrogens (tertiary/aromatic N) is 1. The van der Waals surface area contributed by atoms with E-state index in [4.69, 9.17) is 10.8 Å². The smallest absolute Gasteiger partial charge is 0.255 e. The van der Waals surface area contributed by atoms with Crippen LogP contribution in [0.15, 0.2) is 18.2 Å². The van der Waals surface area contributed by atoms with E-state index in [1.165, 1.54) is 4.90 Å². The summed E-state index contributed by atoms with van der Waals surface area (Å²) in [5.41, 5.74) is 8.12. The summed E-state index contributed by atoms with van der Waals surface area (Å²) in [5.74, 6) is -0.889. The Morgan fingerprint density at radius 3 is 2.88 bits per heavy atom. The Morgan fingerprint density at radius 2 is 2.16 bits per heavy atom. The predicted molar refractivity (Wildman–Crippen MR) is 89.3 cm³/mol. The molecule has 0 aromatic heterocycles. The van der Waals surface area contributed by atoms with Crippen molar-refractivity contribution in [2.75, 3.05) is 13.2 Å². The molecular formula is C17H22N4O4. The number of piperidine rings is 1. The van der Waals surface area contributed by atoms with E-state index in [-0.39, 0.29) is 30.9 Å². The number of nitrogens with two attached hydrogens (primary N) is 1. The summed E-state index contributed by atoms with van der Waals surface area (Å²) in [5, 5.41) is 14.4. The lowest BCUT2D eigenvalue weighted by molar-refractivity contribution is -0.136. The van der Waals surface area contributed by atoms with Gasteiger partial charge in [-0.1, -0.05) is 12.1 Å². The number of nitrogens with one attached hydrogen (secondary N) is 2. The lowest BCUT2D eigenvalue weighted by atomic mass is 10.0. The molecule has 8 nitrogen and oxygen atoms in total. The average molecular weight is 346 g/mol. The molecule has 1 unspecified atom stereocenters. The zero-order valence-electron chi connectivity index (χ0n) is 13.8. The minimum absolute atomic E-state index is 0.0956. The fraction of sp³-hybridized carbons (Fsp3) is 0.471. The van der Waals surface area contributed by atoms with Gasteiger partial charge in [-0.25, -0.2) is 0 Å². The Kier molecular flexibility index (Phi) is 5.12. The number of hydrogen-bond donors (Lipinski definition) is 4. The fourth-order valence-electron chi connectivity index (χ4n) is 3.27. The van der Waals surface area contributed by atoms with Gasteiger partial charge in [-0.15, -0.1) is 0 Å². The maximum Gasteiger partial charge on any atom is 0.255 e. The minimum atomic E-state index is -0.610. The first-order chi connectivity index (χ1) is 12.0. The van der Waals surface area contributed by atoms with E-state index in [2.05, 4.69) is 10.6 Å². The Morgan fingerprint density at radius 1 is 1.36 bits per heavy atom. The van der Waals surface area contributed by atoms with Crippen molar-refractivity contribution >= 4 is 17.7 Å². The Hall–Kier alpha value is -2.29. The van der Waals surface area contributed by atoms with Gasteiger partial charge in [0.2, 0.25) is 11.8 Å². The molecule has 1 aromatic carbocycles. The first-order valence-electron chi connectivity index (χ1n) is 8.34. The van der Waals surface area contributed by atoms with Gasteiger partial charge in [-0.2, -0.15) is 0 Å². The normalized spacial score (nSPS) is 21.3. The molecule has 0 radical (unpaired) electrons. The third kappa shape index (κ3) is 3.55. The Labute approximate surface area is 145 Å². The van der Waals surface area contributed by atoms with Crippen molar-refractivity contribution in [1.29, 1.82) is 0 Å². The van der Waals surface area contributed by atoms with E-state index >= 15 is 0 Å². The van der Waals surface area contributed by atoms with Gasteiger partial charge < -0.3 is 21.1 Å². The molecule has 0 bridgehead atoms. The lowest BCUT2D eigenvalue weighted by Crippen LogP contribution is -2.52. The summed E-state index contributed by atoms with van der Waals surface area (Å²) >= 11 is 0. The van der Waals surface area contributed by atoms with E-state index in [0.29, 0.717) is 31.6 Å². The number of carbonyl (C=O) groups excluding carboxylic acids is 3. The largest absolute Gasteiger partial charge is 0.395 e. The van der Waals surface area contributed by atoms with Gasteiger partial charge in [0.25, 0.3) is 5.91 Å². The minimum Gasteiger partial charge on any atom is -0.395 e. The van der Waals surface area contributed by atoms with Crippen molar-refractivity contribution in [1.82, 2.24) is 15.5 Å². The molecule has 1 aromatic rings. The Balaban J connectivity index is 1.73. The van der Waals surface area contributed by atoms with Crippen molar-refractivity contribution in [2.24, 2.45) is 5.73 Å². The number of hydrogen-bond acceptors (Lipinski definition) is 6. The van der Waals surface area contributed by atoms with Gasteiger partial charge in [0.15, 0.2) is 0 Å². The van der Waals surface area contributed by atoms with Crippen molar-refractivity contribution in [2.45, 2.75) is 38.0 Å². The molecule has 25 heavy (non-hydrogen) atoms. The molecule has 3 rings (SSSR count). The van der Waals surface area contributed by atoms with Crippen LogP contribution < -0.4 is 16.4 Å². The fourth-order valence-corrected chi connectivity index (χ4v) is 3.27. The molecule has 0 spiro atoms. The summed E-state index contributed by atoms with van der Waals surface area (Å²) in [7, 11) is 0. The zero-order chi connectivity index (χ0) is 18.0. The van der Waals surface area contributed by atoms with E-state index in [9.17, 15) is 14.4 Å². The summed E-state index contributed by atoms with van der Waals surface area (Å²) in [4.78, 5) is 37.6. The molecule has 5 N–H and O–H groups in total. The first kappa shape index (κ1) is 17.5. The van der Waals surface area contributed by atoms with Crippen LogP contribution in [0.25, 0.3) is 0 Å². The highest BCUT2D eigenvalue weighted by molar-refractivity contribution is 6.05. The van der Waals surface area contributed by atoms with Crippen molar-refractivity contribution in [3.8, 4) is 0 Å². The highest BCUT2D eigenvalue weighted by atomic mass is 16.3. The first-order valence-corrected chi connectivity index (χ1v) is 8.34. The molecule has 1 fully saturated rings. The quantitative estimate of drug-likeness (QED) is 0.483. The summed E-state index contributed by atoms with van der Waals surface area (Å²) in [6, 6.07) is 4.55. The number of benzene rings is 1. The van der Waals surface area contributed by atoms with Crippen LogP contribution in [0, 0.1) is 0 Å². The van der Waals surface area contributed by atoms with Gasteiger partial charge in [0, 0.05) is 37.7 Å². The maximum absolute atomic E-state index is 12.7. The molecule has 8 heteroatoms. The number of carbonyl (C=O) groups is 3. The number of aliphatic hydroxyl groups excluding tert-OH is 1. The van der Waals surface area contributed by atoms with E-state index in [0.717, 1.165) is 11.1 Å². The molecule has 0 saturated carbocycles. The second kappa shape index (κ2) is 7.30. The van der Waals surface area contributed by atoms with Crippen LogP contribution in [0.1, 0.15) is 34.3 Å². The van der Waals surface area contributed by atoms with Gasteiger partial charge in [-0.3, -0.25) is 19.7 Å². The second-order valence-electron chi connectivity index (χ2n) is 6.42. The number of rotatable bonds is 6. The molecule has 1 saturated heterocycles. The van der Waals surface area contributed by atoms with Crippen molar-refractivity contribution < 1.29 is 19.5 Å². The average Bonchev–Trinajstić information content (AvgIpc) is 2.92. The van der Waals surface area contributed by atoms with Crippen LogP contribution >= 0.6 is 0 Å². The number of fused-ring (bicyclic) bond motifs is 1. The van der Waals surface area contributed by atoms with Crippen LogP contribution in [0.3, 0.4) is 0 Å². The van der Waals surface area contributed by atoms with Crippen LogP contribution in [0.2, 0.25) is 0 Å². The molecular weight excluding hydrogens is 324 g/mol. The summed E-state index contributed by atoms with van der Waals surface area (Å²) in [6.07, 6.45) is 0.591. The number of amides is 3. The van der Waals surface area contributed by atoms with Crippen LogP contribution in [-0.2, 0) is 22.7 Å². The standard InChI is InChI=1S/C17H22N4O4/c18-11(9-22)7-19-6-10-2-1-3-12-13(10)8-21(17(12)25)14-4-5-15(23)20-16(14)24/h1-3,11,14,19,22H,4-9,18H2,(H,20,23,24)/t11-,14?/m1/s1. The lowest BCUT2D eigenvalue weighted by Gasteiger charge is -2.29. The number of aliphatic hydroxyl groups is 1. The van der Waals surface area contributed by atoms with E-state index in [1.807, 2.05) is 12.1 Å². The highest BCUT2D eigenvalue weighted by Gasteiger charge is 2.39. The third-order valence-electron chi connectivity index (χ3n) is 4.64. The van der Waals surface area contributed by atoms with Gasteiger partial charge in [-0.05, 0) is 23.6 Å². The highest BCUT2D eigenvalue weighted by Crippen LogP contribution is 2.29. The molecule has 0 aliphatic carbocycles. The van der Waals surface area contributed by atoms with Crippen LogP contribution in [0.4, 0.5) is 0 Å². The van der Waals surface area contributed by atoms with Crippen molar-refractivity contribution in [3.05, 3.63) is 34.9 Å². The third-order valence-corrected chi connectivity index (χ3v) is 4.64. The van der Waals surface area contributed by atoms with Crippen LogP contribution in [0.5, 0.6) is 0 Å². The second-order valence-corrected chi connectivity index (χ2v) is 6.42. The molecule has 134 valence electrons. The van der Waals surface area contributed by atoms with Crippen LogP contribution in [-0.4, -0.2) is 53.0 Å². The molecule has 2 aliphatic rings. The maximum atomic E-state index is 12.7. The van der Waals surface area contributed by atoms with E-state index in [1.54, 1.807) is 6.07 Å². The molecule has 3 amide bonds. The predicted octanol–water partition coefficient (Wildman–Crippen LogP) is -1.14. The SMILES string of the molecule is N[C@@H](CO)CNCc1cccc2c1CN(C1CCC(=O)NC1=O)C2=O. The Bertz CT molecular complexity index is 706. The van der Waals surface area contributed by atoms with Gasteiger partial charge in [0.1, 0.15) is 6.04 Å². The summed E-state index contributed by atoms with van der Waals surface area (Å²) < 4.78 is 0. The number of imide groups is 1. The molecule has 2 aliphatic heterocycles. The van der Waals surface area contributed by atoms with E-state index < -0.39 is 11.9 Å². The monoisotopic (exact) mass is 346 g/mol. The van der Waals surface area contributed by atoms with Gasteiger partial charge >= 0.3 is 0 Å². The van der Waals surface area contributed by atoms with Crippen molar-refractivity contribution in [3.63, 3.8) is 0 Å². The molecule has 2 heterocycles. The summed E-state index contributed by atoms with van der Waals surface area (Å²) in [6.45, 7) is 1.24.